The molecule has 3 nitrogen and oxygen atoms in total. The third-order valence-electron chi connectivity index (χ3n) is 2.78. The second kappa shape index (κ2) is 7.34. The summed E-state index contributed by atoms with van der Waals surface area (Å²) in [7, 11) is 1.67. The van der Waals surface area contributed by atoms with Gasteiger partial charge in [-0.05, 0) is 58.4 Å². The predicted octanol–water partition coefficient (Wildman–Crippen LogP) is 3.93. The summed E-state index contributed by atoms with van der Waals surface area (Å²) in [6, 6.07) is 6.06. The third-order valence-corrected chi connectivity index (χ3v) is 2.78. The molecular formula is C17H27NO2. The average Bonchev–Trinajstić information content (AvgIpc) is 2.36. The van der Waals surface area contributed by atoms with Gasteiger partial charge in [0.2, 0.25) is 0 Å². The maximum absolute atomic E-state index is 5.72. The van der Waals surface area contributed by atoms with Gasteiger partial charge in [-0.3, -0.25) is 0 Å². The monoisotopic (exact) mass is 277 g/mol. The second-order valence-electron chi connectivity index (χ2n) is 6.18. The first-order valence-corrected chi connectivity index (χ1v) is 7.00. The molecule has 0 atom stereocenters. The van der Waals surface area contributed by atoms with Crippen molar-refractivity contribution in [1.82, 2.24) is 5.32 Å². The van der Waals surface area contributed by atoms with Crippen molar-refractivity contribution in [2.24, 2.45) is 0 Å². The first-order valence-electron chi connectivity index (χ1n) is 7.00. The molecule has 0 aromatic heterocycles. The van der Waals surface area contributed by atoms with Crippen LogP contribution in [0.25, 0.3) is 0 Å². The van der Waals surface area contributed by atoms with Crippen LogP contribution < -0.4 is 14.8 Å². The number of rotatable bonds is 6. The molecule has 0 aliphatic carbocycles. The van der Waals surface area contributed by atoms with E-state index in [-0.39, 0.29) is 5.54 Å². The smallest absolute Gasteiger partial charge is 0.161 e. The molecule has 0 bridgehead atoms. The fraction of sp³-hybridized carbons (Fsp3) is 0.529. The zero-order valence-electron chi connectivity index (χ0n) is 13.5. The topological polar surface area (TPSA) is 30.5 Å². The Hall–Kier alpha value is -1.48. The molecule has 0 saturated heterocycles. The first kappa shape index (κ1) is 16.6. The van der Waals surface area contributed by atoms with E-state index >= 15 is 0 Å². The Labute approximate surface area is 123 Å². The van der Waals surface area contributed by atoms with E-state index in [2.05, 4.69) is 52.1 Å². The van der Waals surface area contributed by atoms with Gasteiger partial charge in [-0.1, -0.05) is 11.6 Å². The number of allylic oxidation sites excluding steroid dienone is 1. The third kappa shape index (κ3) is 6.11. The van der Waals surface area contributed by atoms with Crippen LogP contribution in [-0.4, -0.2) is 19.3 Å². The van der Waals surface area contributed by atoms with E-state index in [1.54, 1.807) is 7.11 Å². The molecule has 0 saturated carbocycles. The summed E-state index contributed by atoms with van der Waals surface area (Å²) in [4.78, 5) is 0. The van der Waals surface area contributed by atoms with E-state index in [9.17, 15) is 0 Å². The van der Waals surface area contributed by atoms with E-state index in [1.165, 1.54) is 11.1 Å². The van der Waals surface area contributed by atoms with E-state index in [0.29, 0.717) is 6.61 Å². The van der Waals surface area contributed by atoms with E-state index in [4.69, 9.17) is 9.47 Å². The summed E-state index contributed by atoms with van der Waals surface area (Å²) >= 11 is 0. The lowest BCUT2D eigenvalue weighted by Gasteiger charge is -2.21. The fourth-order valence-electron chi connectivity index (χ4n) is 1.61. The molecular weight excluding hydrogens is 250 g/mol. The van der Waals surface area contributed by atoms with Crippen LogP contribution >= 0.6 is 0 Å². The summed E-state index contributed by atoms with van der Waals surface area (Å²) in [5.74, 6) is 1.56. The highest BCUT2D eigenvalue weighted by Gasteiger charge is 2.10. The molecule has 3 heteroatoms. The Morgan fingerprint density at radius 3 is 2.45 bits per heavy atom. The van der Waals surface area contributed by atoms with Crippen molar-refractivity contribution in [2.75, 3.05) is 13.7 Å². The van der Waals surface area contributed by atoms with Crippen molar-refractivity contribution >= 4 is 0 Å². The molecule has 0 amide bonds. The average molecular weight is 277 g/mol. The largest absolute Gasteiger partial charge is 0.493 e. The van der Waals surface area contributed by atoms with Crippen molar-refractivity contribution in [2.45, 2.75) is 46.7 Å². The van der Waals surface area contributed by atoms with Gasteiger partial charge in [0.05, 0.1) is 7.11 Å². The lowest BCUT2D eigenvalue weighted by molar-refractivity contribution is 0.325. The van der Waals surface area contributed by atoms with Gasteiger partial charge >= 0.3 is 0 Å². The summed E-state index contributed by atoms with van der Waals surface area (Å²) < 4.78 is 11.1. The van der Waals surface area contributed by atoms with Crippen LogP contribution in [0.5, 0.6) is 11.5 Å². The van der Waals surface area contributed by atoms with Gasteiger partial charge in [-0.2, -0.15) is 0 Å². The number of methoxy groups -OCH3 is 1. The number of ether oxygens (including phenoxy) is 2. The van der Waals surface area contributed by atoms with Gasteiger partial charge < -0.3 is 14.8 Å². The summed E-state index contributed by atoms with van der Waals surface area (Å²) in [6.07, 6.45) is 2.05. The van der Waals surface area contributed by atoms with Crippen LogP contribution in [0.1, 0.15) is 40.2 Å². The molecule has 0 spiro atoms. The summed E-state index contributed by atoms with van der Waals surface area (Å²) in [5, 5.41) is 3.46. The second-order valence-corrected chi connectivity index (χ2v) is 6.18. The molecule has 1 aromatic carbocycles. The van der Waals surface area contributed by atoms with E-state index < -0.39 is 0 Å². The maximum Gasteiger partial charge on any atom is 0.161 e. The number of nitrogens with one attached hydrogen (secondary N) is 1. The molecule has 0 unspecified atom stereocenters. The van der Waals surface area contributed by atoms with Gasteiger partial charge in [-0.15, -0.1) is 0 Å². The molecule has 0 aliphatic heterocycles. The van der Waals surface area contributed by atoms with Crippen molar-refractivity contribution in [3.63, 3.8) is 0 Å². The van der Waals surface area contributed by atoms with Crippen LogP contribution in [0.3, 0.4) is 0 Å². The molecule has 0 radical (unpaired) electrons. The summed E-state index contributed by atoms with van der Waals surface area (Å²) in [5.41, 5.74) is 2.53. The number of hydrogen-bond donors (Lipinski definition) is 1. The molecule has 0 fully saturated rings. The van der Waals surface area contributed by atoms with Crippen molar-refractivity contribution in [1.29, 1.82) is 0 Å². The molecule has 112 valence electrons. The normalized spacial score (nSPS) is 11.1. The van der Waals surface area contributed by atoms with Gasteiger partial charge in [0.1, 0.15) is 6.61 Å². The van der Waals surface area contributed by atoms with Crippen LogP contribution in [0, 0.1) is 0 Å². The van der Waals surface area contributed by atoms with Crippen LogP contribution in [0.4, 0.5) is 0 Å². The number of hydrogen-bond acceptors (Lipinski definition) is 3. The Morgan fingerprint density at radius 1 is 1.20 bits per heavy atom. The van der Waals surface area contributed by atoms with E-state index in [0.717, 1.165) is 18.0 Å². The van der Waals surface area contributed by atoms with Gasteiger partial charge in [0.25, 0.3) is 0 Å². The van der Waals surface area contributed by atoms with Crippen molar-refractivity contribution in [3.8, 4) is 11.5 Å². The highest BCUT2D eigenvalue weighted by molar-refractivity contribution is 5.43. The van der Waals surface area contributed by atoms with Crippen LogP contribution in [0.2, 0.25) is 0 Å². The van der Waals surface area contributed by atoms with Gasteiger partial charge in [0, 0.05) is 12.1 Å². The predicted molar refractivity (Wildman–Crippen MR) is 84.5 cm³/mol. The first-order chi connectivity index (χ1) is 9.31. The Bertz CT molecular complexity index is 455. The zero-order chi connectivity index (χ0) is 15.2. The molecule has 20 heavy (non-hydrogen) atoms. The van der Waals surface area contributed by atoms with Gasteiger partial charge in [-0.25, -0.2) is 0 Å². The zero-order valence-corrected chi connectivity index (χ0v) is 13.5. The number of benzene rings is 1. The molecule has 1 aromatic rings. The van der Waals surface area contributed by atoms with Crippen LogP contribution in [-0.2, 0) is 6.54 Å². The SMILES string of the molecule is COc1cc(CNC(C)(C)C)ccc1OCC=C(C)C. The Morgan fingerprint density at radius 2 is 1.90 bits per heavy atom. The maximum atomic E-state index is 5.72. The quantitative estimate of drug-likeness (QED) is 0.799. The standard InChI is InChI=1S/C17H27NO2/c1-13(2)9-10-20-15-8-7-14(11-16(15)19-6)12-18-17(3,4)5/h7-9,11,18H,10,12H2,1-6H3. The lowest BCUT2D eigenvalue weighted by Crippen LogP contribution is -2.35. The fourth-order valence-corrected chi connectivity index (χ4v) is 1.61. The van der Waals surface area contributed by atoms with E-state index in [1.807, 2.05) is 12.1 Å². The minimum absolute atomic E-state index is 0.103. The Balaban J connectivity index is 2.72. The minimum atomic E-state index is 0.103. The van der Waals surface area contributed by atoms with Gasteiger partial charge in [0.15, 0.2) is 11.5 Å². The Kier molecular flexibility index (Phi) is 6.08. The molecule has 0 heterocycles. The molecule has 0 aliphatic rings. The molecule has 1 rings (SSSR count). The van der Waals surface area contributed by atoms with Crippen molar-refractivity contribution in [3.05, 3.63) is 35.4 Å². The lowest BCUT2D eigenvalue weighted by atomic mass is 10.1. The minimum Gasteiger partial charge on any atom is -0.493 e. The summed E-state index contributed by atoms with van der Waals surface area (Å²) in [6.45, 7) is 12.0. The highest BCUT2D eigenvalue weighted by Crippen LogP contribution is 2.28. The highest BCUT2D eigenvalue weighted by atomic mass is 16.5. The van der Waals surface area contributed by atoms with Crippen molar-refractivity contribution < 1.29 is 9.47 Å². The molecule has 1 N–H and O–H groups in total. The van der Waals surface area contributed by atoms with Crippen LogP contribution in [0.15, 0.2) is 29.8 Å².